The number of imidazole rings is 1. The maximum absolute atomic E-state index is 4.17. The van der Waals surface area contributed by atoms with Gasteiger partial charge >= 0.3 is 0 Å². The summed E-state index contributed by atoms with van der Waals surface area (Å²) in [5, 5.41) is 13.7. The van der Waals surface area contributed by atoms with Crippen molar-refractivity contribution in [2.45, 2.75) is 13.3 Å². The molecule has 6 heteroatoms. The molecule has 0 spiro atoms. The fourth-order valence-corrected chi connectivity index (χ4v) is 1.13. The van der Waals surface area contributed by atoms with E-state index in [2.05, 4.69) is 25.6 Å². The van der Waals surface area contributed by atoms with Gasteiger partial charge in [-0.3, -0.25) is 0 Å². The minimum absolute atomic E-state index is 0.661. The summed E-state index contributed by atoms with van der Waals surface area (Å²) in [6, 6.07) is 0. The molecular formula is C7H10N6. The molecule has 0 bridgehead atoms. The van der Waals surface area contributed by atoms with Crippen LogP contribution in [0.15, 0.2) is 6.20 Å². The van der Waals surface area contributed by atoms with Crippen LogP contribution < -0.4 is 0 Å². The van der Waals surface area contributed by atoms with Gasteiger partial charge in [0.2, 0.25) is 0 Å². The van der Waals surface area contributed by atoms with Crippen LogP contribution in [0.2, 0.25) is 0 Å². The number of H-pyrrole nitrogens is 1. The molecule has 0 saturated carbocycles. The van der Waals surface area contributed by atoms with E-state index in [4.69, 9.17) is 0 Å². The van der Waals surface area contributed by atoms with Gasteiger partial charge in [-0.05, 0) is 6.92 Å². The second kappa shape index (κ2) is 2.96. The van der Waals surface area contributed by atoms with E-state index < -0.39 is 0 Å². The van der Waals surface area contributed by atoms with Gasteiger partial charge in [-0.15, -0.1) is 10.2 Å². The number of tetrazole rings is 1. The quantitative estimate of drug-likeness (QED) is 0.693. The van der Waals surface area contributed by atoms with Gasteiger partial charge in [0.15, 0.2) is 5.82 Å². The topological polar surface area (TPSA) is 72.3 Å². The largest absolute Gasteiger partial charge is 0.335 e. The molecule has 2 heterocycles. The van der Waals surface area contributed by atoms with Crippen molar-refractivity contribution in [2.75, 3.05) is 0 Å². The lowest BCUT2D eigenvalue weighted by atomic mass is 10.3. The number of rotatable bonds is 2. The molecule has 1 N–H and O–H groups in total. The molecule has 0 radical (unpaired) electrons. The molecule has 0 aromatic carbocycles. The molecule has 0 atom stereocenters. The van der Waals surface area contributed by atoms with Crippen molar-refractivity contribution in [3.63, 3.8) is 0 Å². The summed E-state index contributed by atoms with van der Waals surface area (Å²) in [6.45, 7) is 1.96. The van der Waals surface area contributed by atoms with Crippen molar-refractivity contribution in [3.05, 3.63) is 23.5 Å². The first kappa shape index (κ1) is 7.90. The van der Waals surface area contributed by atoms with Gasteiger partial charge in [0, 0.05) is 18.9 Å². The Morgan fingerprint density at radius 1 is 1.54 bits per heavy atom. The highest BCUT2D eigenvalue weighted by Crippen LogP contribution is 2.05. The Morgan fingerprint density at radius 3 is 2.92 bits per heavy atom. The minimum atomic E-state index is 0.661. The fourth-order valence-electron chi connectivity index (χ4n) is 1.13. The molecule has 2 aromatic heterocycles. The molecule has 68 valence electrons. The standard InChI is InChI=1S/C7H10N6/c1-5-8-4-6(13(5)2)3-7-9-11-12-10-7/h4H,3H2,1-2H3,(H,9,10,11,12). The smallest absolute Gasteiger partial charge is 0.180 e. The van der Waals surface area contributed by atoms with Crippen molar-refractivity contribution >= 4 is 0 Å². The van der Waals surface area contributed by atoms with Crippen molar-refractivity contribution < 1.29 is 0 Å². The Kier molecular flexibility index (Phi) is 1.80. The Hall–Kier alpha value is -1.72. The summed E-state index contributed by atoms with van der Waals surface area (Å²) in [4.78, 5) is 4.17. The molecule has 13 heavy (non-hydrogen) atoms. The second-order valence-electron chi connectivity index (χ2n) is 2.86. The normalized spacial score (nSPS) is 10.6. The molecule has 2 rings (SSSR count). The highest BCUT2D eigenvalue weighted by Gasteiger charge is 2.06. The fraction of sp³-hybridized carbons (Fsp3) is 0.429. The van der Waals surface area contributed by atoms with Crippen molar-refractivity contribution in [1.82, 2.24) is 30.2 Å². The molecule has 0 amide bonds. The molecular weight excluding hydrogens is 168 g/mol. The molecule has 2 aromatic rings. The number of nitrogens with zero attached hydrogens (tertiary/aromatic N) is 5. The lowest BCUT2D eigenvalue weighted by Crippen LogP contribution is -2.00. The summed E-state index contributed by atoms with van der Waals surface area (Å²) < 4.78 is 2.01. The maximum Gasteiger partial charge on any atom is 0.180 e. The van der Waals surface area contributed by atoms with Gasteiger partial charge in [0.1, 0.15) is 5.82 Å². The number of hydrogen-bond donors (Lipinski definition) is 1. The van der Waals surface area contributed by atoms with Crippen LogP contribution in [0, 0.1) is 6.92 Å². The summed E-state index contributed by atoms with van der Waals surface area (Å²) in [6.07, 6.45) is 2.49. The molecule has 0 saturated heterocycles. The molecule has 0 unspecified atom stereocenters. The number of nitrogens with one attached hydrogen (secondary N) is 1. The van der Waals surface area contributed by atoms with Crippen LogP contribution in [0.25, 0.3) is 0 Å². The van der Waals surface area contributed by atoms with E-state index in [1.54, 1.807) is 0 Å². The highest BCUT2D eigenvalue weighted by molar-refractivity contribution is 5.08. The van der Waals surface area contributed by atoms with Crippen LogP contribution in [-0.2, 0) is 13.5 Å². The first-order chi connectivity index (χ1) is 6.27. The average molecular weight is 178 g/mol. The SMILES string of the molecule is Cc1ncc(Cc2nn[nH]n2)n1C. The lowest BCUT2D eigenvalue weighted by molar-refractivity contribution is 0.791. The minimum Gasteiger partial charge on any atom is -0.335 e. The first-order valence-electron chi connectivity index (χ1n) is 3.97. The number of aromatic nitrogens is 6. The molecule has 6 nitrogen and oxygen atoms in total. The summed E-state index contributed by atoms with van der Waals surface area (Å²) in [7, 11) is 1.97. The predicted octanol–water partition coefficient (Wildman–Crippen LogP) is -0.168. The Bertz CT molecular complexity index is 387. The van der Waals surface area contributed by atoms with Crippen LogP contribution in [0.3, 0.4) is 0 Å². The third-order valence-electron chi connectivity index (χ3n) is 2.05. The number of aryl methyl sites for hydroxylation is 1. The van der Waals surface area contributed by atoms with E-state index in [1.807, 2.05) is 24.7 Å². The van der Waals surface area contributed by atoms with Gasteiger partial charge in [0.25, 0.3) is 0 Å². The van der Waals surface area contributed by atoms with E-state index in [9.17, 15) is 0 Å². The van der Waals surface area contributed by atoms with Crippen LogP contribution in [0.1, 0.15) is 17.3 Å². The zero-order chi connectivity index (χ0) is 9.26. The monoisotopic (exact) mass is 178 g/mol. The van der Waals surface area contributed by atoms with Crippen molar-refractivity contribution in [1.29, 1.82) is 0 Å². The van der Waals surface area contributed by atoms with Gasteiger partial charge in [-0.1, -0.05) is 5.21 Å². The van der Waals surface area contributed by atoms with Crippen molar-refractivity contribution in [2.24, 2.45) is 7.05 Å². The number of aromatic amines is 1. The first-order valence-corrected chi connectivity index (χ1v) is 3.97. The Balaban J connectivity index is 2.24. The van der Waals surface area contributed by atoms with E-state index in [0.717, 1.165) is 11.5 Å². The number of hydrogen-bond acceptors (Lipinski definition) is 4. The van der Waals surface area contributed by atoms with Crippen LogP contribution in [0.4, 0.5) is 0 Å². The van der Waals surface area contributed by atoms with E-state index in [1.165, 1.54) is 0 Å². The van der Waals surface area contributed by atoms with Crippen LogP contribution in [-0.4, -0.2) is 30.2 Å². The molecule has 0 aliphatic rings. The van der Waals surface area contributed by atoms with Crippen LogP contribution in [0.5, 0.6) is 0 Å². The summed E-state index contributed by atoms with van der Waals surface area (Å²) in [5.41, 5.74) is 1.08. The third kappa shape index (κ3) is 1.42. The van der Waals surface area contributed by atoms with Gasteiger partial charge in [0.05, 0.1) is 6.42 Å². The Morgan fingerprint density at radius 2 is 2.38 bits per heavy atom. The zero-order valence-corrected chi connectivity index (χ0v) is 7.52. The lowest BCUT2D eigenvalue weighted by Gasteiger charge is -1.99. The van der Waals surface area contributed by atoms with E-state index >= 15 is 0 Å². The van der Waals surface area contributed by atoms with Crippen molar-refractivity contribution in [3.8, 4) is 0 Å². The molecule has 0 aliphatic heterocycles. The van der Waals surface area contributed by atoms with Gasteiger partial charge < -0.3 is 4.57 Å². The third-order valence-corrected chi connectivity index (χ3v) is 2.05. The highest BCUT2D eigenvalue weighted by atomic mass is 15.5. The van der Waals surface area contributed by atoms with Gasteiger partial charge in [-0.2, -0.15) is 5.21 Å². The Labute approximate surface area is 75.0 Å². The predicted molar refractivity (Wildman–Crippen MR) is 44.9 cm³/mol. The second-order valence-corrected chi connectivity index (χ2v) is 2.86. The average Bonchev–Trinajstić information content (AvgIpc) is 2.71. The van der Waals surface area contributed by atoms with Gasteiger partial charge in [-0.25, -0.2) is 4.98 Å². The molecule has 0 aliphatic carbocycles. The van der Waals surface area contributed by atoms with E-state index in [-0.39, 0.29) is 0 Å². The van der Waals surface area contributed by atoms with E-state index in [0.29, 0.717) is 12.2 Å². The summed E-state index contributed by atoms with van der Waals surface area (Å²) in [5.74, 6) is 1.67. The molecule has 0 fully saturated rings. The summed E-state index contributed by atoms with van der Waals surface area (Å²) >= 11 is 0. The zero-order valence-electron chi connectivity index (χ0n) is 7.52. The maximum atomic E-state index is 4.17. The van der Waals surface area contributed by atoms with Crippen LogP contribution >= 0.6 is 0 Å².